The number of β-amino-alcohol motifs (C(OH)–C–C–N with tert-alkyl or cyclic N) is 1. The number of quaternary nitrogens is 1. The van der Waals surface area contributed by atoms with E-state index in [4.69, 9.17) is 4.74 Å². The van der Waals surface area contributed by atoms with Crippen molar-refractivity contribution in [3.05, 3.63) is 91.8 Å². The molecule has 2 aliphatic carbocycles. The van der Waals surface area contributed by atoms with Crippen LogP contribution < -0.4 is 30.2 Å². The third-order valence-corrected chi connectivity index (χ3v) is 17.2. The number of aromatic amines is 1. The van der Waals surface area contributed by atoms with Gasteiger partial charge in [0.15, 0.2) is 5.67 Å². The number of carbonyl (C=O) groups is 3. The molecule has 3 amide bonds. The summed E-state index contributed by atoms with van der Waals surface area (Å²) in [5, 5.41) is 17.0. The molecule has 2 aliphatic heterocycles. The topological polar surface area (TPSA) is 167 Å². The average molecular weight is 1050 g/mol. The summed E-state index contributed by atoms with van der Waals surface area (Å²) in [5.41, 5.74) is 6.28. The van der Waals surface area contributed by atoms with Crippen molar-refractivity contribution in [3.63, 3.8) is 0 Å². The molecule has 4 aliphatic rings. The van der Waals surface area contributed by atoms with Crippen molar-refractivity contribution >= 4 is 72.7 Å². The van der Waals surface area contributed by atoms with Gasteiger partial charge in [0, 0.05) is 42.4 Å². The summed E-state index contributed by atoms with van der Waals surface area (Å²) < 4.78 is 26.7. The first kappa shape index (κ1) is 49.4. The highest BCUT2D eigenvalue weighted by atomic mass is 79.9. The molecule has 3 aromatic carbocycles. The number of likely N-dealkylation sites (tertiary alicyclic amines) is 2. The number of unbranched alkanes of at least 4 members (excludes halogenated alkanes) is 1. The first-order valence-electron chi connectivity index (χ1n) is 25.5. The number of aliphatic hydroxyl groups excluding tert-OH is 1. The summed E-state index contributed by atoms with van der Waals surface area (Å²) in [6, 6.07) is 17.2. The van der Waals surface area contributed by atoms with Gasteiger partial charge in [-0.15, -0.1) is 11.3 Å². The number of thiazole rings is 1. The van der Waals surface area contributed by atoms with Crippen molar-refractivity contribution in [1.82, 2.24) is 30.1 Å². The SMILES string of the molecule is Cc1ncsc1-c1ccc(CNC(=O)[C@@H]2C[C@@H](O)CN2C(=O)[C@@H](NC(=O)C2(F)CC2)C(C)(C)C)c(OCCCC[NH+]2CCC(c3ccc4c(c3)n(C3CCCC3)c3[nH]c(=O)c5c(Br)cccc5[n+]43)CC2)c1. The van der Waals surface area contributed by atoms with Crippen LogP contribution in [0.3, 0.4) is 0 Å². The number of halogens is 2. The maximum absolute atomic E-state index is 14.7. The molecule has 0 unspecified atom stereocenters. The van der Waals surface area contributed by atoms with E-state index in [0.717, 1.165) is 101 Å². The summed E-state index contributed by atoms with van der Waals surface area (Å²) in [6.45, 7) is 11.1. The van der Waals surface area contributed by atoms with E-state index in [0.29, 0.717) is 29.7 Å². The maximum Gasteiger partial charge on any atom is 0.371 e. The van der Waals surface area contributed by atoms with Crippen LogP contribution >= 0.6 is 27.3 Å². The van der Waals surface area contributed by atoms with Gasteiger partial charge in [0.2, 0.25) is 11.8 Å². The van der Waals surface area contributed by atoms with Crippen LogP contribution in [-0.4, -0.2) is 98.9 Å². The van der Waals surface area contributed by atoms with Gasteiger partial charge in [0.05, 0.1) is 54.5 Å². The number of aromatic nitrogens is 4. The van der Waals surface area contributed by atoms with E-state index < -0.39 is 47.0 Å². The third kappa shape index (κ3) is 10.00. The second-order valence-corrected chi connectivity index (χ2v) is 23.3. The number of nitrogens with zero attached hydrogens (tertiary/aromatic N) is 4. The highest BCUT2D eigenvalue weighted by Gasteiger charge is 2.53. The lowest BCUT2D eigenvalue weighted by atomic mass is 9.85. The van der Waals surface area contributed by atoms with Gasteiger partial charge in [-0.2, -0.15) is 4.40 Å². The van der Waals surface area contributed by atoms with E-state index in [9.17, 15) is 28.7 Å². The quantitative estimate of drug-likeness (QED) is 0.0560. The second kappa shape index (κ2) is 20.0. The van der Waals surface area contributed by atoms with E-state index in [1.165, 1.54) is 28.8 Å². The van der Waals surface area contributed by atoms with Crippen LogP contribution in [0.4, 0.5) is 4.39 Å². The highest BCUT2D eigenvalue weighted by Crippen LogP contribution is 2.41. The molecule has 5 heterocycles. The Morgan fingerprint density at radius 3 is 2.55 bits per heavy atom. The van der Waals surface area contributed by atoms with Crippen molar-refractivity contribution in [2.24, 2.45) is 5.41 Å². The smallest absolute Gasteiger partial charge is 0.371 e. The Morgan fingerprint density at radius 1 is 1.06 bits per heavy atom. The van der Waals surface area contributed by atoms with Crippen LogP contribution in [-0.2, 0) is 20.9 Å². The number of benzene rings is 3. The Labute approximate surface area is 425 Å². The number of imidazole rings is 1. The summed E-state index contributed by atoms with van der Waals surface area (Å²) in [5.74, 6) is 0.228. The first-order chi connectivity index (χ1) is 34.1. The fourth-order valence-electron chi connectivity index (χ4n) is 11.3. The van der Waals surface area contributed by atoms with Crippen LogP contribution in [0.15, 0.2) is 69.4 Å². The molecule has 376 valence electrons. The zero-order valence-electron chi connectivity index (χ0n) is 41.1. The number of nitrogens with one attached hydrogen (secondary N) is 4. The van der Waals surface area contributed by atoms with Crippen molar-refractivity contribution in [1.29, 1.82) is 0 Å². The summed E-state index contributed by atoms with van der Waals surface area (Å²) >= 11 is 5.19. The van der Waals surface area contributed by atoms with Crippen molar-refractivity contribution in [2.45, 2.75) is 141 Å². The lowest BCUT2D eigenvalue weighted by molar-refractivity contribution is -0.905. The fraction of sp³-hybridized carbons (Fsp3) is 0.519. The number of fused-ring (bicyclic) bond motifs is 5. The molecule has 6 aromatic rings. The third-order valence-electron chi connectivity index (χ3n) is 15.5. The Morgan fingerprint density at radius 2 is 1.83 bits per heavy atom. The molecule has 4 fully saturated rings. The molecule has 10 rings (SSSR count). The number of rotatable bonds is 15. The number of carbonyl (C=O) groups excluding carboxylic acids is 3. The van der Waals surface area contributed by atoms with Crippen molar-refractivity contribution < 1.29 is 37.9 Å². The van der Waals surface area contributed by atoms with Gasteiger partial charge in [-0.3, -0.25) is 19.2 Å². The summed E-state index contributed by atoms with van der Waals surface area (Å²) in [6.07, 6.45) is 8.05. The molecule has 0 bridgehead atoms. The van der Waals surface area contributed by atoms with Gasteiger partial charge >= 0.3 is 11.3 Å². The zero-order valence-corrected chi connectivity index (χ0v) is 43.5. The molecular formula is C54H66BrFN8O6S+2. The Balaban J connectivity index is 0.765. The number of H-pyrrole nitrogens is 1. The average Bonchev–Trinajstić information content (AvgIpc) is 3.80. The number of piperidine rings is 1. The van der Waals surface area contributed by atoms with Gasteiger partial charge in [-0.25, -0.2) is 18.9 Å². The van der Waals surface area contributed by atoms with E-state index in [1.807, 2.05) is 48.8 Å². The number of amides is 3. The maximum atomic E-state index is 14.7. The van der Waals surface area contributed by atoms with Crippen LogP contribution in [0.25, 0.3) is 38.2 Å². The summed E-state index contributed by atoms with van der Waals surface area (Å²) in [7, 11) is 0. The number of alkyl halides is 1. The number of hydrogen-bond donors (Lipinski definition) is 5. The lowest BCUT2D eigenvalue weighted by Crippen LogP contribution is -3.13. The largest absolute Gasteiger partial charge is 0.493 e. The van der Waals surface area contributed by atoms with E-state index in [2.05, 4.69) is 63.7 Å². The standard InChI is InChI=1S/C54H64BrFN8O6S/c1-32-46(71-31-58-32)35-14-15-36(29-57-48(66)43-28-38(65)30-62(43)50(68)47(53(2,3)4)59-51(69)54(56)20-21-54)44(27-35)70-25-8-7-22-61-23-18-33(19-24-61)34-16-17-40-42(26-34)63(37-10-5-6-11-37)52-60-49(67)45-39(55)12-9-13-41(45)64(40)52/h9,12-17,26-27,31,33,37-38,43,47,65H,5-8,10-11,18-25,28-30H2,1-4H3,(H2,57,59,66,69)/p+2/t38-,43+,47-/m1/s1. The molecule has 0 radical (unpaired) electrons. The monoisotopic (exact) mass is 1050 g/mol. The molecule has 3 aromatic heterocycles. The van der Waals surface area contributed by atoms with Gasteiger partial charge in [0.1, 0.15) is 39.8 Å². The minimum Gasteiger partial charge on any atom is -0.493 e. The first-order valence-corrected chi connectivity index (χ1v) is 27.2. The molecule has 5 N–H and O–H groups in total. The van der Waals surface area contributed by atoms with E-state index in [1.54, 1.807) is 37.0 Å². The molecule has 71 heavy (non-hydrogen) atoms. The molecule has 17 heteroatoms. The van der Waals surface area contributed by atoms with Crippen LogP contribution in [0.5, 0.6) is 5.75 Å². The van der Waals surface area contributed by atoms with Gasteiger partial charge < -0.3 is 30.3 Å². The van der Waals surface area contributed by atoms with Crippen LogP contribution in [0, 0.1) is 12.3 Å². The van der Waals surface area contributed by atoms with Gasteiger partial charge in [0.25, 0.3) is 5.91 Å². The molecule has 0 spiro atoms. The number of aryl methyl sites for hydroxylation is 1. The minimum absolute atomic E-state index is 0.0457. The highest BCUT2D eigenvalue weighted by molar-refractivity contribution is 9.10. The van der Waals surface area contributed by atoms with Gasteiger partial charge in [-0.1, -0.05) is 45.0 Å². The van der Waals surface area contributed by atoms with Gasteiger partial charge in [-0.05, 0) is 127 Å². The Bertz CT molecular complexity index is 3060. The second-order valence-electron chi connectivity index (χ2n) is 21.6. The molecule has 2 saturated carbocycles. The predicted molar refractivity (Wildman–Crippen MR) is 275 cm³/mol. The number of hydrogen-bond acceptors (Lipinski definition) is 8. The molecule has 2 saturated heterocycles. The van der Waals surface area contributed by atoms with E-state index >= 15 is 0 Å². The lowest BCUT2D eigenvalue weighted by Gasteiger charge is -2.35. The molecular weight excluding hydrogens is 988 g/mol. The van der Waals surface area contributed by atoms with Crippen molar-refractivity contribution in [2.75, 3.05) is 32.8 Å². The van der Waals surface area contributed by atoms with E-state index in [-0.39, 0.29) is 37.9 Å². The Kier molecular flexibility index (Phi) is 13.9. The van der Waals surface area contributed by atoms with Crippen LogP contribution in [0.1, 0.15) is 120 Å². The number of ether oxygens (including phenoxy) is 1. The summed E-state index contributed by atoms with van der Waals surface area (Å²) in [4.78, 5) is 65.8. The van der Waals surface area contributed by atoms with Crippen LogP contribution in [0.2, 0.25) is 0 Å². The minimum atomic E-state index is -1.96. The number of aliphatic hydroxyl groups is 1. The van der Waals surface area contributed by atoms with Crippen molar-refractivity contribution in [3.8, 4) is 16.2 Å². The predicted octanol–water partition coefficient (Wildman–Crippen LogP) is 6.76. The zero-order chi connectivity index (χ0) is 49.8. The Hall–Kier alpha value is -5.23. The normalized spacial score (nSPS) is 21.8. The molecule has 3 atom stereocenters. The fourth-order valence-corrected chi connectivity index (χ4v) is 12.7. The molecule has 14 nitrogen and oxygen atoms in total.